The monoisotopic (exact) mass is 219 g/mol. The summed E-state index contributed by atoms with van der Waals surface area (Å²) in [5.74, 6) is 0. The standard InChI is InChI=1S/C7H6ClNO3S/c8-7(10)5-1-3-6(4-2-5)9-13(11)12/h1-4,13H,(H,9,11,12). The molecular weight excluding hydrogens is 214 g/mol. The van der Waals surface area contributed by atoms with Crippen molar-refractivity contribution in [1.29, 1.82) is 0 Å². The summed E-state index contributed by atoms with van der Waals surface area (Å²) in [5.41, 5.74) is 0.728. The Morgan fingerprint density at radius 1 is 1.23 bits per heavy atom. The second-order valence-corrected chi connectivity index (χ2v) is 3.30. The van der Waals surface area contributed by atoms with Gasteiger partial charge in [-0.1, -0.05) is 0 Å². The summed E-state index contributed by atoms with van der Waals surface area (Å²) in [6.07, 6.45) is 0. The summed E-state index contributed by atoms with van der Waals surface area (Å²) in [4.78, 5) is 10.6. The summed E-state index contributed by atoms with van der Waals surface area (Å²) in [7, 11) is -2.67. The minimum absolute atomic E-state index is 0.327. The van der Waals surface area contributed by atoms with Crippen molar-refractivity contribution in [3.63, 3.8) is 0 Å². The van der Waals surface area contributed by atoms with Gasteiger partial charge in [0, 0.05) is 11.3 Å². The van der Waals surface area contributed by atoms with Crippen molar-refractivity contribution in [1.82, 2.24) is 0 Å². The predicted molar refractivity (Wildman–Crippen MR) is 50.6 cm³/mol. The fourth-order valence-corrected chi connectivity index (χ4v) is 1.27. The number of halogens is 1. The van der Waals surface area contributed by atoms with E-state index in [1.807, 2.05) is 0 Å². The zero-order valence-electron chi connectivity index (χ0n) is 6.36. The van der Waals surface area contributed by atoms with Gasteiger partial charge >= 0.3 is 0 Å². The number of anilines is 1. The van der Waals surface area contributed by atoms with Crippen molar-refractivity contribution in [2.75, 3.05) is 4.72 Å². The van der Waals surface area contributed by atoms with Gasteiger partial charge in [-0.3, -0.25) is 9.52 Å². The Labute approximate surface area is 81.6 Å². The normalized spacial score (nSPS) is 10.0. The number of rotatable bonds is 3. The van der Waals surface area contributed by atoms with Crippen LogP contribution in [0.4, 0.5) is 5.69 Å². The lowest BCUT2D eigenvalue weighted by Crippen LogP contribution is -1.95. The third-order valence-electron chi connectivity index (χ3n) is 1.33. The Balaban J connectivity index is 2.87. The van der Waals surface area contributed by atoms with Gasteiger partial charge in [0.15, 0.2) is 0 Å². The number of benzene rings is 1. The predicted octanol–water partition coefficient (Wildman–Crippen LogP) is 1.00. The quantitative estimate of drug-likeness (QED) is 0.589. The minimum atomic E-state index is -2.67. The van der Waals surface area contributed by atoms with E-state index in [1.54, 1.807) is 0 Å². The molecule has 70 valence electrons. The van der Waals surface area contributed by atoms with Crippen LogP contribution in [-0.4, -0.2) is 13.7 Å². The van der Waals surface area contributed by atoms with Crippen LogP contribution in [0.3, 0.4) is 0 Å². The second-order valence-electron chi connectivity index (χ2n) is 2.22. The van der Waals surface area contributed by atoms with E-state index in [0.717, 1.165) is 0 Å². The number of carbonyl (C=O) groups excluding carboxylic acids is 1. The van der Waals surface area contributed by atoms with E-state index in [4.69, 9.17) is 11.6 Å². The lowest BCUT2D eigenvalue weighted by atomic mass is 10.2. The van der Waals surface area contributed by atoms with Gasteiger partial charge in [-0.15, -0.1) is 0 Å². The SMILES string of the molecule is O=C(Cl)c1ccc(N[SH](=O)=O)cc1. The Morgan fingerprint density at radius 2 is 1.77 bits per heavy atom. The summed E-state index contributed by atoms with van der Waals surface area (Å²) >= 11 is 5.18. The number of nitrogens with one attached hydrogen (secondary N) is 1. The molecule has 0 aliphatic heterocycles. The summed E-state index contributed by atoms with van der Waals surface area (Å²) < 4.78 is 22.6. The molecule has 0 bridgehead atoms. The smallest absolute Gasteiger partial charge is 0.252 e. The van der Waals surface area contributed by atoms with E-state index in [0.29, 0.717) is 11.3 Å². The van der Waals surface area contributed by atoms with Gasteiger partial charge in [-0.25, -0.2) is 8.42 Å². The van der Waals surface area contributed by atoms with Gasteiger partial charge in [-0.05, 0) is 35.9 Å². The van der Waals surface area contributed by atoms with E-state index in [2.05, 4.69) is 4.72 Å². The molecule has 6 heteroatoms. The zero-order chi connectivity index (χ0) is 9.84. The molecule has 0 radical (unpaired) electrons. The molecular formula is C7H6ClNO3S. The van der Waals surface area contributed by atoms with Crippen LogP contribution in [0, 0.1) is 0 Å². The molecule has 0 aromatic heterocycles. The molecule has 0 unspecified atom stereocenters. The van der Waals surface area contributed by atoms with Gasteiger partial charge in [0.2, 0.25) is 10.9 Å². The maximum Gasteiger partial charge on any atom is 0.252 e. The average Bonchev–Trinajstić information content (AvgIpc) is 2.04. The maximum atomic E-state index is 10.6. The highest BCUT2D eigenvalue weighted by molar-refractivity contribution is 7.73. The Morgan fingerprint density at radius 3 is 2.15 bits per heavy atom. The molecule has 1 rings (SSSR count). The molecule has 1 aromatic carbocycles. The lowest BCUT2D eigenvalue weighted by molar-refractivity contribution is 0.108. The minimum Gasteiger partial charge on any atom is -0.286 e. The molecule has 0 spiro atoms. The van der Waals surface area contributed by atoms with Crippen LogP contribution in [0.2, 0.25) is 0 Å². The van der Waals surface area contributed by atoms with Gasteiger partial charge in [0.25, 0.3) is 5.24 Å². The average molecular weight is 220 g/mol. The van der Waals surface area contributed by atoms with Crippen LogP contribution in [-0.2, 0) is 10.9 Å². The molecule has 0 aliphatic carbocycles. The first-order chi connectivity index (χ1) is 6.09. The van der Waals surface area contributed by atoms with Gasteiger partial charge in [0.05, 0.1) is 0 Å². The molecule has 0 fully saturated rings. The fourth-order valence-electron chi connectivity index (χ4n) is 0.781. The molecule has 4 nitrogen and oxygen atoms in total. The van der Waals surface area contributed by atoms with E-state index >= 15 is 0 Å². The van der Waals surface area contributed by atoms with E-state index in [-0.39, 0.29) is 0 Å². The molecule has 0 amide bonds. The van der Waals surface area contributed by atoms with Crippen LogP contribution in [0.15, 0.2) is 24.3 Å². The fraction of sp³-hybridized carbons (Fsp3) is 0. The van der Waals surface area contributed by atoms with Crippen LogP contribution < -0.4 is 4.72 Å². The van der Waals surface area contributed by atoms with Crippen molar-refractivity contribution in [2.45, 2.75) is 0 Å². The van der Waals surface area contributed by atoms with Crippen LogP contribution in [0.5, 0.6) is 0 Å². The molecule has 1 aromatic rings. The van der Waals surface area contributed by atoms with Gasteiger partial charge < -0.3 is 0 Å². The maximum absolute atomic E-state index is 10.6. The highest BCUT2D eigenvalue weighted by Crippen LogP contribution is 2.10. The Bertz CT molecular complexity index is 377. The summed E-state index contributed by atoms with van der Waals surface area (Å²) in [6.45, 7) is 0. The molecule has 0 aliphatic rings. The number of hydrogen-bond acceptors (Lipinski definition) is 3. The van der Waals surface area contributed by atoms with E-state index in [1.165, 1.54) is 24.3 Å². The first-order valence-corrected chi connectivity index (χ1v) is 4.86. The largest absolute Gasteiger partial charge is 0.286 e. The highest BCUT2D eigenvalue weighted by atomic mass is 35.5. The van der Waals surface area contributed by atoms with Crippen molar-refractivity contribution in [3.05, 3.63) is 29.8 Å². The third kappa shape index (κ3) is 3.04. The Kier molecular flexibility index (Phi) is 3.27. The van der Waals surface area contributed by atoms with Gasteiger partial charge in [0.1, 0.15) is 0 Å². The molecule has 13 heavy (non-hydrogen) atoms. The van der Waals surface area contributed by atoms with Crippen molar-refractivity contribution >= 4 is 33.4 Å². The molecule has 0 saturated heterocycles. The number of thiol groups is 1. The Hall–Kier alpha value is -1.07. The number of carbonyl (C=O) groups is 1. The molecule has 1 N–H and O–H groups in total. The van der Waals surface area contributed by atoms with Gasteiger partial charge in [-0.2, -0.15) is 0 Å². The molecule has 0 saturated carbocycles. The first-order valence-electron chi connectivity index (χ1n) is 3.30. The summed E-state index contributed by atoms with van der Waals surface area (Å²) in [6, 6.07) is 5.80. The topological polar surface area (TPSA) is 63.2 Å². The molecule has 0 atom stereocenters. The lowest BCUT2D eigenvalue weighted by Gasteiger charge is -1.98. The third-order valence-corrected chi connectivity index (χ3v) is 1.99. The zero-order valence-corrected chi connectivity index (χ0v) is 8.01. The first kappa shape index (κ1) is 10.0. The molecule has 0 heterocycles. The number of hydrogen-bond donors (Lipinski definition) is 2. The van der Waals surface area contributed by atoms with Crippen molar-refractivity contribution in [3.8, 4) is 0 Å². The van der Waals surface area contributed by atoms with Crippen molar-refractivity contribution in [2.24, 2.45) is 0 Å². The van der Waals surface area contributed by atoms with Crippen LogP contribution in [0.1, 0.15) is 10.4 Å². The van der Waals surface area contributed by atoms with Crippen molar-refractivity contribution < 1.29 is 13.2 Å². The van der Waals surface area contributed by atoms with Crippen LogP contribution >= 0.6 is 11.6 Å². The second kappa shape index (κ2) is 4.25. The van der Waals surface area contributed by atoms with E-state index in [9.17, 15) is 13.2 Å². The van der Waals surface area contributed by atoms with E-state index < -0.39 is 16.1 Å². The highest BCUT2D eigenvalue weighted by Gasteiger charge is 2.00. The van der Waals surface area contributed by atoms with Crippen LogP contribution in [0.25, 0.3) is 0 Å². The summed E-state index contributed by atoms with van der Waals surface area (Å²) in [5, 5.41) is -0.571.